The van der Waals surface area contributed by atoms with Gasteiger partial charge in [-0.2, -0.15) is 0 Å². The Bertz CT molecular complexity index is 222. The summed E-state index contributed by atoms with van der Waals surface area (Å²) in [6, 6.07) is 0.422. The Balaban J connectivity index is 2.07. The molecule has 1 atom stereocenters. The van der Waals surface area contributed by atoms with Gasteiger partial charge in [-0.25, -0.2) is 0 Å². The number of ether oxygens (including phenoxy) is 1. The van der Waals surface area contributed by atoms with E-state index in [-0.39, 0.29) is 12.0 Å². The third-order valence-corrected chi connectivity index (χ3v) is 3.29. The third-order valence-electron chi connectivity index (χ3n) is 3.29. The third kappa shape index (κ3) is 6.67. The smallest absolute Gasteiger partial charge is 0.222 e. The van der Waals surface area contributed by atoms with Crippen molar-refractivity contribution in [1.29, 1.82) is 0 Å². The zero-order chi connectivity index (χ0) is 12.7. The van der Waals surface area contributed by atoms with Crippen LogP contribution < -0.4 is 5.32 Å². The molecule has 100 valence electrons. The van der Waals surface area contributed by atoms with E-state index in [4.69, 9.17) is 4.74 Å². The standard InChI is InChI=1S/C14H27NO2/c1-11(2)8-9-17-12(3)10-14(16)15-13-6-4-5-7-13/h11-13H,4-10H2,1-3H3,(H,15,16). The summed E-state index contributed by atoms with van der Waals surface area (Å²) in [7, 11) is 0. The number of rotatable bonds is 7. The molecule has 0 heterocycles. The molecular weight excluding hydrogens is 214 g/mol. The van der Waals surface area contributed by atoms with E-state index in [1.807, 2.05) is 6.92 Å². The van der Waals surface area contributed by atoms with Crippen molar-refractivity contribution in [3.05, 3.63) is 0 Å². The van der Waals surface area contributed by atoms with Gasteiger partial charge in [-0.1, -0.05) is 26.7 Å². The van der Waals surface area contributed by atoms with Crippen LogP contribution in [0.3, 0.4) is 0 Å². The van der Waals surface area contributed by atoms with Crippen molar-refractivity contribution < 1.29 is 9.53 Å². The lowest BCUT2D eigenvalue weighted by Gasteiger charge is -2.16. The molecule has 0 aromatic heterocycles. The van der Waals surface area contributed by atoms with Gasteiger partial charge in [0.25, 0.3) is 0 Å². The number of hydrogen-bond donors (Lipinski definition) is 1. The topological polar surface area (TPSA) is 38.3 Å². The number of hydrogen-bond acceptors (Lipinski definition) is 2. The van der Waals surface area contributed by atoms with E-state index in [1.165, 1.54) is 12.8 Å². The van der Waals surface area contributed by atoms with Gasteiger partial charge in [-0.15, -0.1) is 0 Å². The summed E-state index contributed by atoms with van der Waals surface area (Å²) in [6.07, 6.45) is 6.40. The fourth-order valence-corrected chi connectivity index (χ4v) is 2.18. The van der Waals surface area contributed by atoms with Crippen molar-refractivity contribution in [1.82, 2.24) is 5.32 Å². The van der Waals surface area contributed by atoms with Crippen LogP contribution in [0.4, 0.5) is 0 Å². The first-order chi connectivity index (χ1) is 8.08. The van der Waals surface area contributed by atoms with E-state index >= 15 is 0 Å². The quantitative estimate of drug-likeness (QED) is 0.744. The fourth-order valence-electron chi connectivity index (χ4n) is 2.18. The molecular formula is C14H27NO2. The zero-order valence-corrected chi connectivity index (χ0v) is 11.5. The molecule has 1 unspecified atom stereocenters. The number of carbonyl (C=O) groups is 1. The lowest BCUT2D eigenvalue weighted by Crippen LogP contribution is -2.34. The molecule has 1 saturated carbocycles. The molecule has 1 N–H and O–H groups in total. The second kappa shape index (κ2) is 7.70. The van der Waals surface area contributed by atoms with E-state index in [2.05, 4.69) is 19.2 Å². The minimum Gasteiger partial charge on any atom is -0.378 e. The van der Waals surface area contributed by atoms with Crippen LogP contribution in [0, 0.1) is 5.92 Å². The van der Waals surface area contributed by atoms with Crippen molar-refractivity contribution in [2.24, 2.45) is 5.92 Å². The van der Waals surface area contributed by atoms with Crippen molar-refractivity contribution >= 4 is 5.91 Å². The molecule has 1 rings (SSSR count). The Morgan fingerprint density at radius 1 is 1.29 bits per heavy atom. The summed E-state index contributed by atoms with van der Waals surface area (Å²) in [6.45, 7) is 7.10. The molecule has 0 bridgehead atoms. The van der Waals surface area contributed by atoms with Crippen LogP contribution in [0.1, 0.15) is 59.3 Å². The largest absolute Gasteiger partial charge is 0.378 e. The average Bonchev–Trinajstić information content (AvgIpc) is 2.69. The second-order valence-electron chi connectivity index (χ2n) is 5.62. The molecule has 0 radical (unpaired) electrons. The van der Waals surface area contributed by atoms with Gasteiger partial charge in [0.15, 0.2) is 0 Å². The number of carbonyl (C=O) groups excluding carboxylic acids is 1. The minimum absolute atomic E-state index is 0.0372. The SMILES string of the molecule is CC(C)CCOC(C)CC(=O)NC1CCCC1. The van der Waals surface area contributed by atoms with Crippen LogP contribution >= 0.6 is 0 Å². The molecule has 1 aliphatic rings. The summed E-state index contributed by atoms with van der Waals surface area (Å²) in [5, 5.41) is 3.09. The summed E-state index contributed by atoms with van der Waals surface area (Å²) in [4.78, 5) is 11.7. The highest BCUT2D eigenvalue weighted by molar-refractivity contribution is 5.76. The van der Waals surface area contributed by atoms with E-state index in [9.17, 15) is 4.79 Å². The maximum absolute atomic E-state index is 11.7. The van der Waals surface area contributed by atoms with Crippen molar-refractivity contribution in [2.45, 2.75) is 71.4 Å². The molecule has 0 aromatic rings. The Labute approximate surface area is 105 Å². The molecule has 0 aromatic carbocycles. The summed E-state index contributed by atoms with van der Waals surface area (Å²) < 4.78 is 5.63. The first-order valence-corrected chi connectivity index (χ1v) is 6.99. The molecule has 0 spiro atoms. The Morgan fingerprint density at radius 3 is 2.53 bits per heavy atom. The van der Waals surface area contributed by atoms with Crippen LogP contribution in [0.15, 0.2) is 0 Å². The minimum atomic E-state index is 0.0372. The highest BCUT2D eigenvalue weighted by Gasteiger charge is 2.18. The average molecular weight is 241 g/mol. The van der Waals surface area contributed by atoms with E-state index < -0.39 is 0 Å². The van der Waals surface area contributed by atoms with Crippen LogP contribution in [-0.4, -0.2) is 24.7 Å². The van der Waals surface area contributed by atoms with E-state index in [0.717, 1.165) is 25.9 Å². The molecule has 1 amide bonds. The molecule has 17 heavy (non-hydrogen) atoms. The Morgan fingerprint density at radius 2 is 1.94 bits per heavy atom. The molecule has 0 saturated heterocycles. The monoisotopic (exact) mass is 241 g/mol. The van der Waals surface area contributed by atoms with Crippen molar-refractivity contribution in [3.8, 4) is 0 Å². The van der Waals surface area contributed by atoms with Crippen molar-refractivity contribution in [2.75, 3.05) is 6.61 Å². The van der Waals surface area contributed by atoms with Gasteiger partial charge in [0, 0.05) is 12.6 Å². The van der Waals surface area contributed by atoms with Crippen LogP contribution in [0.25, 0.3) is 0 Å². The summed E-state index contributed by atoms with van der Waals surface area (Å²) >= 11 is 0. The predicted molar refractivity (Wildman–Crippen MR) is 69.9 cm³/mol. The van der Waals surface area contributed by atoms with Gasteiger partial charge in [-0.05, 0) is 32.1 Å². The lowest BCUT2D eigenvalue weighted by molar-refractivity contribution is -0.124. The zero-order valence-electron chi connectivity index (χ0n) is 11.5. The molecule has 1 fully saturated rings. The van der Waals surface area contributed by atoms with Crippen LogP contribution in [0.2, 0.25) is 0 Å². The number of nitrogens with one attached hydrogen (secondary N) is 1. The van der Waals surface area contributed by atoms with Gasteiger partial charge in [0.2, 0.25) is 5.91 Å². The van der Waals surface area contributed by atoms with Gasteiger partial charge in [0.05, 0.1) is 12.5 Å². The van der Waals surface area contributed by atoms with Crippen LogP contribution in [0.5, 0.6) is 0 Å². The van der Waals surface area contributed by atoms with E-state index in [1.54, 1.807) is 0 Å². The molecule has 3 nitrogen and oxygen atoms in total. The van der Waals surface area contributed by atoms with Crippen molar-refractivity contribution in [3.63, 3.8) is 0 Å². The van der Waals surface area contributed by atoms with E-state index in [0.29, 0.717) is 18.4 Å². The normalized spacial score (nSPS) is 18.6. The maximum atomic E-state index is 11.7. The molecule has 3 heteroatoms. The first kappa shape index (κ1) is 14.5. The fraction of sp³-hybridized carbons (Fsp3) is 0.929. The van der Waals surface area contributed by atoms with Gasteiger partial charge < -0.3 is 10.1 Å². The molecule has 0 aliphatic heterocycles. The number of amides is 1. The van der Waals surface area contributed by atoms with Gasteiger partial charge in [0.1, 0.15) is 0 Å². The highest BCUT2D eigenvalue weighted by Crippen LogP contribution is 2.17. The summed E-state index contributed by atoms with van der Waals surface area (Å²) in [5.74, 6) is 0.809. The van der Waals surface area contributed by atoms with Gasteiger partial charge >= 0.3 is 0 Å². The second-order valence-corrected chi connectivity index (χ2v) is 5.62. The molecule has 1 aliphatic carbocycles. The Kier molecular flexibility index (Phi) is 6.56. The highest BCUT2D eigenvalue weighted by atomic mass is 16.5. The lowest BCUT2D eigenvalue weighted by atomic mass is 10.1. The summed E-state index contributed by atoms with van der Waals surface area (Å²) in [5.41, 5.74) is 0. The predicted octanol–water partition coefficient (Wildman–Crippen LogP) is 2.89. The van der Waals surface area contributed by atoms with Crippen LogP contribution in [-0.2, 0) is 9.53 Å². The Hall–Kier alpha value is -0.570. The maximum Gasteiger partial charge on any atom is 0.222 e. The first-order valence-electron chi connectivity index (χ1n) is 6.99. The van der Waals surface area contributed by atoms with Gasteiger partial charge in [-0.3, -0.25) is 4.79 Å².